The summed E-state index contributed by atoms with van der Waals surface area (Å²) in [6.07, 6.45) is 2.90. The Kier molecular flexibility index (Phi) is 0.547. The van der Waals surface area contributed by atoms with E-state index in [0.29, 0.717) is 17.6 Å². The van der Waals surface area contributed by atoms with Gasteiger partial charge in [0, 0.05) is 11.8 Å². The maximum absolute atomic E-state index is 11.9. The molecule has 0 saturated heterocycles. The molecule has 0 aromatic carbocycles. The summed E-state index contributed by atoms with van der Waals surface area (Å²) in [7, 11) is 0. The lowest BCUT2D eigenvalue weighted by Gasteiger charge is -2.43. The van der Waals surface area contributed by atoms with Crippen molar-refractivity contribution in [3.05, 3.63) is 0 Å². The highest BCUT2D eigenvalue weighted by Gasteiger charge is 2.80. The Morgan fingerprint density at radius 2 is 1.58 bits per heavy atom. The van der Waals surface area contributed by atoms with Gasteiger partial charge in [-0.2, -0.15) is 0 Å². The van der Waals surface area contributed by atoms with Crippen LogP contribution in [-0.2, 0) is 4.79 Å². The van der Waals surface area contributed by atoms with Crippen molar-refractivity contribution >= 4 is 5.78 Å². The fraction of sp³-hybridized carbons (Fsp3) is 0.909. The van der Waals surface area contributed by atoms with Crippen LogP contribution in [0.5, 0.6) is 0 Å². The van der Waals surface area contributed by atoms with Gasteiger partial charge in [0.05, 0.1) is 0 Å². The molecule has 0 amide bonds. The first-order chi connectivity index (χ1) is 5.88. The van der Waals surface area contributed by atoms with Gasteiger partial charge in [-0.05, 0) is 48.3 Å². The second-order valence-corrected chi connectivity index (χ2v) is 5.74. The van der Waals surface area contributed by atoms with E-state index in [9.17, 15) is 4.79 Å². The smallest absolute Gasteiger partial charge is 0.140 e. The van der Waals surface area contributed by atoms with Crippen molar-refractivity contribution in [2.45, 2.75) is 12.8 Å². The molecule has 1 heteroatoms. The fourth-order valence-corrected chi connectivity index (χ4v) is 6.10. The van der Waals surface area contributed by atoms with Crippen molar-refractivity contribution in [1.29, 1.82) is 0 Å². The molecule has 2 unspecified atom stereocenters. The molecular weight excluding hydrogens is 148 g/mol. The Hall–Kier alpha value is -0.330. The van der Waals surface area contributed by atoms with Crippen LogP contribution in [0.4, 0.5) is 0 Å². The lowest BCUT2D eigenvalue weighted by atomic mass is 9.60. The van der Waals surface area contributed by atoms with E-state index >= 15 is 0 Å². The van der Waals surface area contributed by atoms with Crippen LogP contribution in [0.1, 0.15) is 12.8 Å². The summed E-state index contributed by atoms with van der Waals surface area (Å²) in [5.74, 6) is 7.54. The number of fused-ring (bicyclic) bond motifs is 2. The summed E-state index contributed by atoms with van der Waals surface area (Å²) in [5, 5.41) is 0. The third kappa shape index (κ3) is 0.272. The predicted octanol–water partition coefficient (Wildman–Crippen LogP) is 1.33. The Balaban J connectivity index is 1.91. The van der Waals surface area contributed by atoms with Crippen LogP contribution in [0, 0.1) is 47.3 Å². The van der Waals surface area contributed by atoms with E-state index in [0.717, 1.165) is 35.5 Å². The van der Waals surface area contributed by atoms with Gasteiger partial charge in [0.1, 0.15) is 5.78 Å². The molecule has 5 fully saturated rings. The number of Topliss-reactive ketones (excluding diaryl/α,β-unsaturated/α-hetero) is 1. The second-order valence-electron chi connectivity index (χ2n) is 5.74. The quantitative estimate of drug-likeness (QED) is 0.522. The molecule has 1 nitrogen and oxygen atoms in total. The van der Waals surface area contributed by atoms with Crippen molar-refractivity contribution in [3.63, 3.8) is 0 Å². The molecule has 0 aromatic rings. The molecule has 0 N–H and O–H groups in total. The van der Waals surface area contributed by atoms with E-state index in [1.807, 2.05) is 0 Å². The van der Waals surface area contributed by atoms with Crippen LogP contribution in [0.15, 0.2) is 0 Å². The summed E-state index contributed by atoms with van der Waals surface area (Å²) in [5.41, 5.74) is 0. The first-order valence-corrected chi connectivity index (χ1v) is 5.41. The van der Waals surface area contributed by atoms with Crippen molar-refractivity contribution in [1.82, 2.24) is 0 Å². The van der Waals surface area contributed by atoms with E-state index in [4.69, 9.17) is 0 Å². The zero-order valence-corrected chi connectivity index (χ0v) is 6.94. The van der Waals surface area contributed by atoms with Crippen LogP contribution in [0.3, 0.4) is 0 Å². The van der Waals surface area contributed by atoms with Crippen molar-refractivity contribution < 1.29 is 4.79 Å². The van der Waals surface area contributed by atoms with Gasteiger partial charge in [-0.1, -0.05) is 0 Å². The third-order valence-electron chi connectivity index (χ3n) is 6.02. The molecule has 0 spiro atoms. The minimum absolute atomic E-state index is 0.583. The number of hydrogen-bond acceptors (Lipinski definition) is 1. The monoisotopic (exact) mass is 160 g/mol. The van der Waals surface area contributed by atoms with Gasteiger partial charge in [0.15, 0.2) is 0 Å². The zero-order chi connectivity index (χ0) is 7.61. The Labute approximate surface area is 71.5 Å². The van der Waals surface area contributed by atoms with Crippen LogP contribution < -0.4 is 0 Å². The fourth-order valence-electron chi connectivity index (χ4n) is 6.10. The van der Waals surface area contributed by atoms with E-state index in [-0.39, 0.29) is 0 Å². The molecule has 0 aliphatic heterocycles. The topological polar surface area (TPSA) is 17.1 Å². The van der Waals surface area contributed by atoms with Crippen LogP contribution in [-0.4, -0.2) is 5.78 Å². The van der Waals surface area contributed by atoms with E-state index in [1.165, 1.54) is 12.8 Å². The Morgan fingerprint density at radius 3 is 2.50 bits per heavy atom. The highest BCUT2D eigenvalue weighted by Crippen LogP contribution is 2.81. The molecule has 5 aliphatic rings. The standard InChI is InChI=1S/C11H12O/c12-11-8-4-2-5-7-3(4)1-6(8)9(7)10(5)11/h3-10H,1-2H2/t3-,4-,5+,6?,7-,8-,9?,10+/m1/s1. The normalized spacial score (nSPS) is 79.2. The van der Waals surface area contributed by atoms with E-state index in [1.54, 1.807) is 0 Å². The van der Waals surface area contributed by atoms with Gasteiger partial charge in [0.25, 0.3) is 0 Å². The molecule has 62 valence electrons. The molecule has 0 radical (unpaired) electrons. The number of rotatable bonds is 0. The minimum Gasteiger partial charge on any atom is -0.299 e. The Bertz CT molecular complexity index is 315. The maximum atomic E-state index is 11.9. The van der Waals surface area contributed by atoms with Gasteiger partial charge >= 0.3 is 0 Å². The number of carbonyl (C=O) groups is 1. The van der Waals surface area contributed by atoms with E-state index < -0.39 is 0 Å². The SMILES string of the molecule is O=C1[C@@H]2C3C4C[C@@H]5[C@@H](C[C@H]2[C@H]35)[C@@H]14. The van der Waals surface area contributed by atoms with Crippen LogP contribution in [0.2, 0.25) is 0 Å². The average molecular weight is 160 g/mol. The number of carbonyl (C=O) groups excluding carboxylic acids is 1. The second kappa shape index (κ2) is 1.21. The molecule has 5 saturated carbocycles. The summed E-state index contributed by atoms with van der Waals surface area (Å²) in [6.45, 7) is 0. The molecule has 5 aliphatic carbocycles. The van der Waals surface area contributed by atoms with Gasteiger partial charge in [-0.25, -0.2) is 0 Å². The van der Waals surface area contributed by atoms with Gasteiger partial charge in [0.2, 0.25) is 0 Å². The number of ketones is 1. The summed E-state index contributed by atoms with van der Waals surface area (Å²) >= 11 is 0. The molecule has 12 heavy (non-hydrogen) atoms. The molecule has 2 bridgehead atoms. The van der Waals surface area contributed by atoms with Crippen molar-refractivity contribution in [2.75, 3.05) is 0 Å². The predicted molar refractivity (Wildman–Crippen MR) is 42.2 cm³/mol. The molecule has 5 rings (SSSR count). The van der Waals surface area contributed by atoms with E-state index in [2.05, 4.69) is 0 Å². The first-order valence-electron chi connectivity index (χ1n) is 5.41. The molecular formula is C11H12O. The summed E-state index contributed by atoms with van der Waals surface area (Å²) < 4.78 is 0. The highest BCUT2D eigenvalue weighted by atomic mass is 16.1. The maximum Gasteiger partial charge on any atom is 0.140 e. The average Bonchev–Trinajstić information content (AvgIpc) is 2.47. The highest BCUT2D eigenvalue weighted by molar-refractivity contribution is 5.91. The Morgan fingerprint density at radius 1 is 0.833 bits per heavy atom. The van der Waals surface area contributed by atoms with Crippen molar-refractivity contribution in [3.8, 4) is 0 Å². The van der Waals surface area contributed by atoms with Gasteiger partial charge in [-0.15, -0.1) is 0 Å². The molecule has 0 heterocycles. The van der Waals surface area contributed by atoms with Crippen molar-refractivity contribution in [2.24, 2.45) is 47.3 Å². The third-order valence-corrected chi connectivity index (χ3v) is 6.02. The van der Waals surface area contributed by atoms with Crippen LogP contribution >= 0.6 is 0 Å². The molecule has 0 aromatic heterocycles. The lowest BCUT2D eigenvalue weighted by molar-refractivity contribution is -0.132. The summed E-state index contributed by atoms with van der Waals surface area (Å²) in [6, 6.07) is 0. The minimum atomic E-state index is 0.583. The van der Waals surface area contributed by atoms with Crippen LogP contribution in [0.25, 0.3) is 0 Å². The first kappa shape index (κ1) is 5.41. The van der Waals surface area contributed by atoms with Gasteiger partial charge in [-0.3, -0.25) is 4.79 Å². The number of hydrogen-bond donors (Lipinski definition) is 0. The zero-order valence-electron chi connectivity index (χ0n) is 6.94. The molecule has 8 atom stereocenters. The van der Waals surface area contributed by atoms with Gasteiger partial charge < -0.3 is 0 Å². The largest absolute Gasteiger partial charge is 0.299 e. The summed E-state index contributed by atoms with van der Waals surface area (Å²) in [4.78, 5) is 11.9. The lowest BCUT2D eigenvalue weighted by Crippen LogP contribution is -2.44.